The summed E-state index contributed by atoms with van der Waals surface area (Å²) in [4.78, 5) is 11.9. The molecule has 1 saturated heterocycles. The van der Waals surface area contributed by atoms with Crippen LogP contribution in [0.2, 0.25) is 0 Å². The number of esters is 1. The number of rotatable bonds is 3. The molecule has 0 aliphatic carbocycles. The molecule has 0 saturated carbocycles. The van der Waals surface area contributed by atoms with E-state index in [1.165, 1.54) is 7.11 Å². The number of anilines is 1. The van der Waals surface area contributed by atoms with Gasteiger partial charge in [-0.3, -0.25) is 0 Å². The smallest absolute Gasteiger partial charge is 0.340 e. The van der Waals surface area contributed by atoms with Crippen molar-refractivity contribution in [3.8, 4) is 5.75 Å². The fourth-order valence-electron chi connectivity index (χ4n) is 1.66. The number of ether oxygens (including phenoxy) is 3. The van der Waals surface area contributed by atoms with E-state index in [4.69, 9.17) is 19.9 Å². The van der Waals surface area contributed by atoms with Crippen LogP contribution in [0.1, 0.15) is 16.8 Å². The second kappa shape index (κ2) is 5.05. The maximum Gasteiger partial charge on any atom is 0.340 e. The molecule has 92 valence electrons. The summed E-state index contributed by atoms with van der Waals surface area (Å²) in [5, 5.41) is 0. The van der Waals surface area contributed by atoms with Crippen LogP contribution in [0.4, 0.5) is 5.69 Å². The Morgan fingerprint density at radius 2 is 2.35 bits per heavy atom. The van der Waals surface area contributed by atoms with Crippen molar-refractivity contribution in [2.75, 3.05) is 26.1 Å². The van der Waals surface area contributed by atoms with E-state index in [9.17, 15) is 4.79 Å². The zero-order valence-electron chi connectivity index (χ0n) is 9.64. The summed E-state index contributed by atoms with van der Waals surface area (Å²) in [5.74, 6) is 0.144. The molecule has 0 radical (unpaired) electrons. The van der Waals surface area contributed by atoms with Gasteiger partial charge in [0.05, 0.1) is 25.9 Å². The van der Waals surface area contributed by atoms with Crippen molar-refractivity contribution >= 4 is 11.7 Å². The van der Waals surface area contributed by atoms with Crippen LogP contribution in [-0.2, 0) is 9.47 Å². The number of benzene rings is 1. The van der Waals surface area contributed by atoms with Crippen LogP contribution in [0.25, 0.3) is 0 Å². The molecule has 0 spiro atoms. The van der Waals surface area contributed by atoms with E-state index in [0.29, 0.717) is 30.2 Å². The lowest BCUT2D eigenvalue weighted by Gasteiger charge is -2.12. The van der Waals surface area contributed by atoms with Crippen LogP contribution in [0.15, 0.2) is 18.2 Å². The number of hydrogen-bond acceptors (Lipinski definition) is 5. The average molecular weight is 237 g/mol. The molecule has 1 aliphatic rings. The first-order chi connectivity index (χ1) is 8.20. The van der Waals surface area contributed by atoms with Gasteiger partial charge in [0.15, 0.2) is 0 Å². The number of hydrogen-bond donors (Lipinski definition) is 1. The third-order valence-corrected chi connectivity index (χ3v) is 2.64. The largest absolute Gasteiger partial charge is 0.497 e. The minimum absolute atomic E-state index is 0.173. The maximum absolute atomic E-state index is 11.9. The summed E-state index contributed by atoms with van der Waals surface area (Å²) in [6.45, 7) is 1.08. The zero-order valence-corrected chi connectivity index (χ0v) is 9.64. The van der Waals surface area contributed by atoms with Gasteiger partial charge in [-0.25, -0.2) is 4.79 Å². The Kier molecular flexibility index (Phi) is 3.49. The van der Waals surface area contributed by atoms with Crippen molar-refractivity contribution in [1.29, 1.82) is 0 Å². The van der Waals surface area contributed by atoms with Crippen molar-refractivity contribution in [2.24, 2.45) is 0 Å². The van der Waals surface area contributed by atoms with Crippen LogP contribution in [0.5, 0.6) is 5.75 Å². The minimum atomic E-state index is -0.433. The Hall–Kier alpha value is -1.75. The Labute approximate surface area is 99.5 Å². The molecular weight excluding hydrogens is 222 g/mol. The normalized spacial score (nSPS) is 19.0. The van der Waals surface area contributed by atoms with Crippen molar-refractivity contribution in [3.05, 3.63) is 23.8 Å². The number of methoxy groups -OCH3 is 1. The molecule has 2 rings (SSSR count). The maximum atomic E-state index is 11.9. The van der Waals surface area contributed by atoms with E-state index in [-0.39, 0.29) is 6.10 Å². The molecule has 5 heteroatoms. The van der Waals surface area contributed by atoms with Crippen molar-refractivity contribution in [2.45, 2.75) is 12.5 Å². The molecule has 2 N–H and O–H groups in total. The molecule has 1 aliphatic heterocycles. The third kappa shape index (κ3) is 2.68. The average Bonchev–Trinajstić information content (AvgIpc) is 2.82. The van der Waals surface area contributed by atoms with Gasteiger partial charge in [0.1, 0.15) is 11.9 Å². The Morgan fingerprint density at radius 1 is 1.53 bits per heavy atom. The standard InChI is InChI=1S/C12H15NO4/c1-15-8-2-3-11(13)10(6-8)12(14)17-9-4-5-16-7-9/h2-3,6,9H,4-5,7,13H2,1H3. The number of carbonyl (C=O) groups is 1. The summed E-state index contributed by atoms with van der Waals surface area (Å²) in [6.07, 6.45) is 0.559. The highest BCUT2D eigenvalue weighted by atomic mass is 16.6. The molecule has 1 aromatic rings. The highest BCUT2D eigenvalue weighted by molar-refractivity contribution is 5.95. The summed E-state index contributed by atoms with van der Waals surface area (Å²) >= 11 is 0. The first kappa shape index (κ1) is 11.7. The summed E-state index contributed by atoms with van der Waals surface area (Å²) in [6, 6.07) is 4.90. The lowest BCUT2D eigenvalue weighted by Crippen LogP contribution is -2.19. The first-order valence-electron chi connectivity index (χ1n) is 5.43. The van der Waals surface area contributed by atoms with E-state index in [1.807, 2.05) is 0 Å². The second-order valence-electron chi connectivity index (χ2n) is 3.84. The molecule has 0 amide bonds. The summed E-state index contributed by atoms with van der Waals surface area (Å²) in [7, 11) is 1.53. The van der Waals surface area contributed by atoms with Crippen LogP contribution in [-0.4, -0.2) is 32.4 Å². The highest BCUT2D eigenvalue weighted by Crippen LogP contribution is 2.21. The van der Waals surface area contributed by atoms with Gasteiger partial charge in [-0.1, -0.05) is 0 Å². The SMILES string of the molecule is COc1ccc(N)c(C(=O)OC2CCOC2)c1. The van der Waals surface area contributed by atoms with E-state index in [0.717, 1.165) is 6.42 Å². The molecule has 5 nitrogen and oxygen atoms in total. The monoisotopic (exact) mass is 237 g/mol. The molecule has 1 heterocycles. The van der Waals surface area contributed by atoms with Crippen molar-refractivity contribution < 1.29 is 19.0 Å². The molecule has 1 fully saturated rings. The minimum Gasteiger partial charge on any atom is -0.497 e. The van der Waals surface area contributed by atoms with Crippen molar-refractivity contribution in [1.82, 2.24) is 0 Å². The fraction of sp³-hybridized carbons (Fsp3) is 0.417. The zero-order chi connectivity index (χ0) is 12.3. The van der Waals surface area contributed by atoms with E-state index >= 15 is 0 Å². The van der Waals surface area contributed by atoms with Gasteiger partial charge >= 0.3 is 5.97 Å². The number of carbonyl (C=O) groups excluding carboxylic acids is 1. The molecular formula is C12H15NO4. The van der Waals surface area contributed by atoms with Crippen LogP contribution < -0.4 is 10.5 Å². The molecule has 0 bridgehead atoms. The topological polar surface area (TPSA) is 70.8 Å². The molecule has 1 unspecified atom stereocenters. The van der Waals surface area contributed by atoms with Gasteiger partial charge < -0.3 is 19.9 Å². The van der Waals surface area contributed by atoms with Gasteiger partial charge in [0.25, 0.3) is 0 Å². The van der Waals surface area contributed by atoms with Crippen LogP contribution in [0, 0.1) is 0 Å². The fourth-order valence-corrected chi connectivity index (χ4v) is 1.66. The molecule has 1 aromatic carbocycles. The van der Waals surface area contributed by atoms with E-state index in [1.54, 1.807) is 18.2 Å². The van der Waals surface area contributed by atoms with Gasteiger partial charge in [0.2, 0.25) is 0 Å². The van der Waals surface area contributed by atoms with Crippen LogP contribution >= 0.6 is 0 Å². The van der Waals surface area contributed by atoms with Gasteiger partial charge in [0, 0.05) is 12.1 Å². The highest BCUT2D eigenvalue weighted by Gasteiger charge is 2.22. The lowest BCUT2D eigenvalue weighted by molar-refractivity contribution is 0.0271. The van der Waals surface area contributed by atoms with E-state index in [2.05, 4.69) is 0 Å². The van der Waals surface area contributed by atoms with Crippen LogP contribution in [0.3, 0.4) is 0 Å². The molecule has 17 heavy (non-hydrogen) atoms. The van der Waals surface area contributed by atoms with Gasteiger partial charge in [-0.2, -0.15) is 0 Å². The Bertz CT molecular complexity index is 413. The van der Waals surface area contributed by atoms with Gasteiger partial charge in [-0.15, -0.1) is 0 Å². The quantitative estimate of drug-likeness (QED) is 0.632. The number of nitrogens with two attached hydrogens (primary N) is 1. The Balaban J connectivity index is 2.11. The first-order valence-corrected chi connectivity index (χ1v) is 5.43. The second-order valence-corrected chi connectivity index (χ2v) is 3.84. The molecule has 1 atom stereocenters. The number of nitrogen functional groups attached to an aromatic ring is 1. The third-order valence-electron chi connectivity index (χ3n) is 2.64. The predicted octanol–water partition coefficient (Wildman–Crippen LogP) is 1.22. The summed E-state index contributed by atoms with van der Waals surface area (Å²) in [5.41, 5.74) is 6.45. The Morgan fingerprint density at radius 3 is 3.00 bits per heavy atom. The summed E-state index contributed by atoms with van der Waals surface area (Å²) < 4.78 is 15.5. The van der Waals surface area contributed by atoms with Gasteiger partial charge in [-0.05, 0) is 18.2 Å². The predicted molar refractivity (Wildman–Crippen MR) is 62.0 cm³/mol. The lowest BCUT2D eigenvalue weighted by atomic mass is 10.1. The van der Waals surface area contributed by atoms with Crippen molar-refractivity contribution in [3.63, 3.8) is 0 Å². The molecule has 0 aromatic heterocycles. The van der Waals surface area contributed by atoms with E-state index < -0.39 is 5.97 Å².